The molecular formula is C17H16F2N2O2. The number of benzene rings is 2. The third-order valence-electron chi connectivity index (χ3n) is 3.69. The second kappa shape index (κ2) is 6.64. The SMILES string of the molecule is O=C(Nc1ccc(OC(F)F)cc1)Nc1ccc2c(c1)CCC2. The van der Waals surface area contributed by atoms with Gasteiger partial charge < -0.3 is 15.4 Å². The van der Waals surface area contributed by atoms with E-state index in [2.05, 4.69) is 15.4 Å². The highest BCUT2D eigenvalue weighted by Crippen LogP contribution is 2.25. The molecule has 0 spiro atoms. The van der Waals surface area contributed by atoms with Crippen LogP contribution in [0.25, 0.3) is 0 Å². The lowest BCUT2D eigenvalue weighted by Gasteiger charge is -2.10. The minimum Gasteiger partial charge on any atom is -0.435 e. The zero-order valence-corrected chi connectivity index (χ0v) is 12.3. The molecule has 0 saturated carbocycles. The highest BCUT2D eigenvalue weighted by molar-refractivity contribution is 5.99. The molecule has 2 N–H and O–H groups in total. The van der Waals surface area contributed by atoms with Crippen molar-refractivity contribution in [1.82, 2.24) is 0 Å². The number of fused-ring (bicyclic) bond motifs is 1. The number of ether oxygens (including phenoxy) is 1. The number of anilines is 2. The zero-order valence-electron chi connectivity index (χ0n) is 12.3. The lowest BCUT2D eigenvalue weighted by Crippen LogP contribution is -2.19. The number of hydrogen-bond donors (Lipinski definition) is 2. The number of carbonyl (C=O) groups is 1. The van der Waals surface area contributed by atoms with E-state index >= 15 is 0 Å². The Labute approximate surface area is 132 Å². The highest BCUT2D eigenvalue weighted by Gasteiger charge is 2.12. The normalized spacial score (nSPS) is 12.8. The Morgan fingerprint density at radius 2 is 1.61 bits per heavy atom. The number of aryl methyl sites for hydroxylation is 2. The summed E-state index contributed by atoms with van der Waals surface area (Å²) in [6.45, 7) is -2.86. The van der Waals surface area contributed by atoms with Gasteiger partial charge in [-0.2, -0.15) is 8.78 Å². The molecule has 0 unspecified atom stereocenters. The van der Waals surface area contributed by atoms with Gasteiger partial charge in [0.15, 0.2) is 0 Å². The zero-order chi connectivity index (χ0) is 16.2. The molecule has 0 saturated heterocycles. The summed E-state index contributed by atoms with van der Waals surface area (Å²) in [5.41, 5.74) is 3.84. The molecule has 3 rings (SSSR count). The first kappa shape index (κ1) is 15.3. The van der Waals surface area contributed by atoms with Gasteiger partial charge >= 0.3 is 12.6 Å². The molecular weight excluding hydrogens is 302 g/mol. The molecule has 1 aliphatic rings. The second-order valence-corrected chi connectivity index (χ2v) is 5.32. The van der Waals surface area contributed by atoms with Crippen LogP contribution in [0, 0.1) is 0 Å². The summed E-state index contributed by atoms with van der Waals surface area (Å²) < 4.78 is 28.4. The first-order valence-electron chi connectivity index (χ1n) is 7.35. The second-order valence-electron chi connectivity index (χ2n) is 5.32. The van der Waals surface area contributed by atoms with Crippen molar-refractivity contribution in [2.24, 2.45) is 0 Å². The van der Waals surface area contributed by atoms with Gasteiger partial charge in [-0.25, -0.2) is 4.79 Å². The van der Waals surface area contributed by atoms with E-state index in [1.54, 1.807) is 0 Å². The van der Waals surface area contributed by atoms with Gasteiger partial charge in [-0.05, 0) is 66.8 Å². The quantitative estimate of drug-likeness (QED) is 0.876. The summed E-state index contributed by atoms with van der Waals surface area (Å²) in [5, 5.41) is 5.41. The van der Waals surface area contributed by atoms with Crippen LogP contribution in [0.2, 0.25) is 0 Å². The van der Waals surface area contributed by atoms with Crippen molar-refractivity contribution in [3.05, 3.63) is 53.6 Å². The van der Waals surface area contributed by atoms with Crippen molar-refractivity contribution >= 4 is 17.4 Å². The van der Waals surface area contributed by atoms with Crippen LogP contribution in [0.5, 0.6) is 5.75 Å². The largest absolute Gasteiger partial charge is 0.435 e. The Morgan fingerprint density at radius 1 is 0.957 bits per heavy atom. The van der Waals surface area contributed by atoms with Gasteiger partial charge in [0.1, 0.15) is 5.75 Å². The Balaban J connectivity index is 1.58. The van der Waals surface area contributed by atoms with Crippen molar-refractivity contribution in [1.29, 1.82) is 0 Å². The predicted molar refractivity (Wildman–Crippen MR) is 84.2 cm³/mol. The fraction of sp³-hybridized carbons (Fsp3) is 0.235. The first-order valence-corrected chi connectivity index (χ1v) is 7.35. The van der Waals surface area contributed by atoms with Crippen molar-refractivity contribution in [2.75, 3.05) is 10.6 Å². The van der Waals surface area contributed by atoms with E-state index in [4.69, 9.17) is 0 Å². The van der Waals surface area contributed by atoms with Crippen LogP contribution in [-0.2, 0) is 12.8 Å². The fourth-order valence-electron chi connectivity index (χ4n) is 2.66. The number of carbonyl (C=O) groups excluding carboxylic acids is 1. The Morgan fingerprint density at radius 3 is 2.35 bits per heavy atom. The minimum atomic E-state index is -2.86. The molecule has 1 aliphatic carbocycles. The number of alkyl halides is 2. The van der Waals surface area contributed by atoms with E-state index in [1.165, 1.54) is 35.4 Å². The summed E-state index contributed by atoms with van der Waals surface area (Å²) >= 11 is 0. The first-order chi connectivity index (χ1) is 11.1. The lowest BCUT2D eigenvalue weighted by molar-refractivity contribution is -0.0498. The van der Waals surface area contributed by atoms with Gasteiger partial charge in [0.05, 0.1) is 0 Å². The fourth-order valence-corrected chi connectivity index (χ4v) is 2.66. The van der Waals surface area contributed by atoms with E-state index in [0.717, 1.165) is 24.9 Å². The molecule has 0 fully saturated rings. The molecule has 23 heavy (non-hydrogen) atoms. The molecule has 4 nitrogen and oxygen atoms in total. The maximum atomic E-state index is 12.1. The lowest BCUT2D eigenvalue weighted by atomic mass is 10.1. The Bertz CT molecular complexity index is 702. The van der Waals surface area contributed by atoms with E-state index in [-0.39, 0.29) is 11.8 Å². The van der Waals surface area contributed by atoms with Gasteiger partial charge in [-0.15, -0.1) is 0 Å². The molecule has 2 aromatic carbocycles. The topological polar surface area (TPSA) is 50.4 Å². The average Bonchev–Trinajstić information content (AvgIpc) is 2.96. The number of urea groups is 1. The summed E-state index contributed by atoms with van der Waals surface area (Å²) in [5.74, 6) is 0.0459. The third-order valence-corrected chi connectivity index (χ3v) is 3.69. The van der Waals surface area contributed by atoms with Crippen LogP contribution < -0.4 is 15.4 Å². The van der Waals surface area contributed by atoms with Gasteiger partial charge in [-0.1, -0.05) is 6.07 Å². The van der Waals surface area contributed by atoms with Crippen LogP contribution in [-0.4, -0.2) is 12.6 Å². The standard InChI is InChI=1S/C17H16F2N2O2/c18-16(19)23-15-8-6-13(7-9-15)20-17(22)21-14-5-4-11-2-1-3-12(11)10-14/h4-10,16H,1-3H2,(H2,20,21,22). The van der Waals surface area contributed by atoms with Gasteiger partial charge in [0.25, 0.3) is 0 Å². The maximum Gasteiger partial charge on any atom is 0.387 e. The molecule has 6 heteroatoms. The predicted octanol–water partition coefficient (Wildman–Crippen LogP) is 4.42. The van der Waals surface area contributed by atoms with Crippen molar-refractivity contribution < 1.29 is 18.3 Å². The summed E-state index contributed by atoms with van der Waals surface area (Å²) in [6, 6.07) is 11.3. The van der Waals surface area contributed by atoms with E-state index in [0.29, 0.717) is 5.69 Å². The highest BCUT2D eigenvalue weighted by atomic mass is 19.3. The molecule has 0 heterocycles. The number of amides is 2. The van der Waals surface area contributed by atoms with Gasteiger partial charge in [0, 0.05) is 11.4 Å². The minimum absolute atomic E-state index is 0.0459. The molecule has 0 aliphatic heterocycles. The molecule has 2 amide bonds. The number of rotatable bonds is 4. The summed E-state index contributed by atoms with van der Waals surface area (Å²) in [6.07, 6.45) is 3.28. The molecule has 2 aromatic rings. The Kier molecular flexibility index (Phi) is 4.41. The van der Waals surface area contributed by atoms with Gasteiger partial charge in [0.2, 0.25) is 0 Å². The molecule has 0 bridgehead atoms. The van der Waals surface area contributed by atoms with Crippen molar-refractivity contribution in [3.63, 3.8) is 0 Å². The average molecular weight is 318 g/mol. The summed E-state index contributed by atoms with van der Waals surface area (Å²) in [7, 11) is 0. The van der Waals surface area contributed by atoms with Crippen LogP contribution >= 0.6 is 0 Å². The molecule has 0 aromatic heterocycles. The van der Waals surface area contributed by atoms with E-state index in [9.17, 15) is 13.6 Å². The van der Waals surface area contributed by atoms with Crippen molar-refractivity contribution in [2.45, 2.75) is 25.9 Å². The van der Waals surface area contributed by atoms with Crippen LogP contribution in [0.3, 0.4) is 0 Å². The monoisotopic (exact) mass is 318 g/mol. The summed E-state index contributed by atoms with van der Waals surface area (Å²) in [4.78, 5) is 12.0. The Hall–Kier alpha value is -2.63. The molecule has 0 atom stereocenters. The van der Waals surface area contributed by atoms with Crippen LogP contribution in [0.15, 0.2) is 42.5 Å². The number of halogens is 2. The third kappa shape index (κ3) is 3.97. The number of nitrogens with one attached hydrogen (secondary N) is 2. The molecule has 120 valence electrons. The van der Waals surface area contributed by atoms with Crippen LogP contribution in [0.4, 0.5) is 25.0 Å². The smallest absolute Gasteiger partial charge is 0.387 e. The molecule has 0 radical (unpaired) electrons. The van der Waals surface area contributed by atoms with Crippen molar-refractivity contribution in [3.8, 4) is 5.75 Å². The maximum absolute atomic E-state index is 12.1. The van der Waals surface area contributed by atoms with Gasteiger partial charge in [-0.3, -0.25) is 0 Å². The number of hydrogen-bond acceptors (Lipinski definition) is 2. The van der Waals surface area contributed by atoms with E-state index in [1.807, 2.05) is 18.2 Å². The van der Waals surface area contributed by atoms with Crippen LogP contribution in [0.1, 0.15) is 17.5 Å². The van der Waals surface area contributed by atoms with E-state index < -0.39 is 6.61 Å².